The van der Waals surface area contributed by atoms with Gasteiger partial charge in [-0.05, 0) is 39.3 Å². The van der Waals surface area contributed by atoms with Gasteiger partial charge in [0.05, 0.1) is 17.1 Å². The lowest BCUT2D eigenvalue weighted by atomic mass is 10.2. The van der Waals surface area contributed by atoms with E-state index in [-0.39, 0.29) is 12.2 Å². The predicted octanol–water partition coefficient (Wildman–Crippen LogP) is 2.10. The zero-order valence-electron chi connectivity index (χ0n) is 11.9. The van der Waals surface area contributed by atoms with Crippen LogP contribution in [0.5, 0.6) is 0 Å². The van der Waals surface area contributed by atoms with Crippen LogP contribution in [0.15, 0.2) is 23.1 Å². The van der Waals surface area contributed by atoms with Gasteiger partial charge < -0.3 is 4.74 Å². The second-order valence-corrected chi connectivity index (χ2v) is 7.25. The zero-order valence-corrected chi connectivity index (χ0v) is 12.7. The molecule has 2 unspecified atom stereocenters. The third kappa shape index (κ3) is 2.99. The van der Waals surface area contributed by atoms with Gasteiger partial charge in [0.25, 0.3) is 0 Å². The Kier molecular flexibility index (Phi) is 3.99. The first-order chi connectivity index (χ1) is 8.80. The Morgan fingerprint density at radius 2 is 1.74 bits per heavy atom. The Morgan fingerprint density at radius 1 is 1.16 bits per heavy atom. The second kappa shape index (κ2) is 5.23. The van der Waals surface area contributed by atoms with Gasteiger partial charge in [-0.15, -0.1) is 0 Å². The van der Waals surface area contributed by atoms with Gasteiger partial charge in [-0.2, -0.15) is 4.31 Å². The zero-order chi connectivity index (χ0) is 14.2. The normalized spacial score (nSPS) is 25.5. The first-order valence-electron chi connectivity index (χ1n) is 6.53. The summed E-state index contributed by atoms with van der Waals surface area (Å²) in [6, 6.07) is 5.44. The average molecular weight is 283 g/mol. The first kappa shape index (κ1) is 14.5. The molecule has 1 aromatic rings. The summed E-state index contributed by atoms with van der Waals surface area (Å²) in [7, 11) is -3.42. The molecule has 0 aliphatic carbocycles. The van der Waals surface area contributed by atoms with Crippen molar-refractivity contribution in [3.05, 3.63) is 29.3 Å². The minimum Gasteiger partial charge on any atom is -0.373 e. The lowest BCUT2D eigenvalue weighted by Gasteiger charge is -2.34. The number of nitrogens with zero attached hydrogens (tertiary/aromatic N) is 1. The summed E-state index contributed by atoms with van der Waals surface area (Å²) in [6.07, 6.45) is -0.131. The molecule has 5 heteroatoms. The van der Waals surface area contributed by atoms with E-state index in [2.05, 4.69) is 0 Å². The van der Waals surface area contributed by atoms with Crippen LogP contribution in [0, 0.1) is 13.8 Å². The molecular formula is C14H21NO3S. The maximum atomic E-state index is 12.7. The van der Waals surface area contributed by atoms with Gasteiger partial charge in [0, 0.05) is 13.1 Å². The second-order valence-electron chi connectivity index (χ2n) is 5.35. The number of morpholine rings is 1. The minimum absolute atomic E-state index is 0.0655. The lowest BCUT2D eigenvalue weighted by molar-refractivity contribution is -0.0440. The van der Waals surface area contributed by atoms with Crippen LogP contribution < -0.4 is 0 Å². The largest absolute Gasteiger partial charge is 0.373 e. The average Bonchev–Trinajstić information content (AvgIpc) is 2.26. The SMILES string of the molecule is Cc1ccc(S(=O)(=O)N2CC(C)OC(C)C2)c(C)c1. The smallest absolute Gasteiger partial charge is 0.243 e. The number of rotatable bonds is 2. The van der Waals surface area contributed by atoms with E-state index >= 15 is 0 Å². The summed E-state index contributed by atoms with van der Waals surface area (Å²) < 4.78 is 32.5. The van der Waals surface area contributed by atoms with E-state index in [1.807, 2.05) is 39.8 Å². The summed E-state index contributed by atoms with van der Waals surface area (Å²) in [5, 5.41) is 0. The fraction of sp³-hybridized carbons (Fsp3) is 0.571. The highest BCUT2D eigenvalue weighted by Crippen LogP contribution is 2.24. The molecule has 0 radical (unpaired) electrons. The van der Waals surface area contributed by atoms with E-state index < -0.39 is 10.0 Å². The summed E-state index contributed by atoms with van der Waals surface area (Å²) in [4.78, 5) is 0.402. The molecule has 0 N–H and O–H groups in total. The van der Waals surface area contributed by atoms with Crippen molar-refractivity contribution in [1.82, 2.24) is 4.31 Å². The van der Waals surface area contributed by atoms with E-state index in [4.69, 9.17) is 4.74 Å². The Hall–Kier alpha value is -0.910. The number of aryl methyl sites for hydroxylation is 2. The molecule has 106 valence electrons. The third-order valence-corrected chi connectivity index (χ3v) is 5.33. The van der Waals surface area contributed by atoms with Gasteiger partial charge in [-0.1, -0.05) is 17.7 Å². The van der Waals surface area contributed by atoms with Gasteiger partial charge in [0.15, 0.2) is 0 Å². The predicted molar refractivity (Wildman–Crippen MR) is 74.7 cm³/mol. The van der Waals surface area contributed by atoms with Crippen LogP contribution in [-0.2, 0) is 14.8 Å². The molecule has 1 fully saturated rings. The molecule has 1 heterocycles. The molecule has 2 atom stereocenters. The van der Waals surface area contributed by atoms with Gasteiger partial charge in [-0.3, -0.25) is 0 Å². The minimum atomic E-state index is -3.42. The maximum absolute atomic E-state index is 12.7. The summed E-state index contributed by atoms with van der Waals surface area (Å²) in [6.45, 7) is 8.44. The number of hydrogen-bond donors (Lipinski definition) is 0. The van der Waals surface area contributed by atoms with Crippen LogP contribution >= 0.6 is 0 Å². The van der Waals surface area contributed by atoms with Crippen molar-refractivity contribution in [2.24, 2.45) is 0 Å². The van der Waals surface area contributed by atoms with Gasteiger partial charge in [0.1, 0.15) is 0 Å². The highest BCUT2D eigenvalue weighted by atomic mass is 32.2. The van der Waals surface area contributed by atoms with Crippen LogP contribution in [-0.4, -0.2) is 38.0 Å². The molecule has 1 aliphatic heterocycles. The van der Waals surface area contributed by atoms with E-state index in [1.54, 1.807) is 6.07 Å². The molecule has 1 aromatic carbocycles. The van der Waals surface area contributed by atoms with Crippen molar-refractivity contribution in [3.63, 3.8) is 0 Å². The molecule has 0 saturated carbocycles. The Morgan fingerprint density at radius 3 is 2.26 bits per heavy atom. The van der Waals surface area contributed by atoms with E-state index in [0.717, 1.165) is 11.1 Å². The van der Waals surface area contributed by atoms with Crippen molar-refractivity contribution < 1.29 is 13.2 Å². The highest BCUT2D eigenvalue weighted by Gasteiger charge is 2.32. The molecule has 0 spiro atoms. The first-order valence-corrected chi connectivity index (χ1v) is 7.97. The van der Waals surface area contributed by atoms with E-state index in [9.17, 15) is 8.42 Å². The van der Waals surface area contributed by atoms with Crippen LogP contribution in [0.1, 0.15) is 25.0 Å². The molecular weight excluding hydrogens is 262 g/mol. The fourth-order valence-electron chi connectivity index (χ4n) is 2.55. The van der Waals surface area contributed by atoms with Crippen LogP contribution in [0.4, 0.5) is 0 Å². The fourth-order valence-corrected chi connectivity index (χ4v) is 4.35. The molecule has 0 aromatic heterocycles. The third-order valence-electron chi connectivity index (χ3n) is 3.33. The van der Waals surface area contributed by atoms with Crippen molar-refractivity contribution >= 4 is 10.0 Å². The van der Waals surface area contributed by atoms with Crippen molar-refractivity contribution in [2.75, 3.05) is 13.1 Å². The Labute approximate surface area is 115 Å². The molecule has 19 heavy (non-hydrogen) atoms. The van der Waals surface area contributed by atoms with Crippen molar-refractivity contribution in [3.8, 4) is 0 Å². The molecule has 1 saturated heterocycles. The molecule has 0 amide bonds. The molecule has 0 bridgehead atoms. The highest BCUT2D eigenvalue weighted by molar-refractivity contribution is 7.89. The van der Waals surface area contributed by atoms with Crippen molar-refractivity contribution in [1.29, 1.82) is 0 Å². The van der Waals surface area contributed by atoms with Crippen LogP contribution in [0.3, 0.4) is 0 Å². The number of benzene rings is 1. The Bertz CT molecular complexity index is 558. The van der Waals surface area contributed by atoms with E-state index in [0.29, 0.717) is 18.0 Å². The summed E-state index contributed by atoms with van der Waals surface area (Å²) in [5.74, 6) is 0. The van der Waals surface area contributed by atoms with Gasteiger partial charge >= 0.3 is 0 Å². The van der Waals surface area contributed by atoms with Crippen molar-refractivity contribution in [2.45, 2.75) is 44.8 Å². The lowest BCUT2D eigenvalue weighted by Crippen LogP contribution is -2.48. The van der Waals surface area contributed by atoms with Gasteiger partial charge in [0.2, 0.25) is 10.0 Å². The standard InChI is InChI=1S/C14H21NO3S/c1-10-5-6-14(11(2)7-10)19(16,17)15-8-12(3)18-13(4)9-15/h5-7,12-13H,8-9H2,1-4H3. The molecule has 4 nitrogen and oxygen atoms in total. The van der Waals surface area contributed by atoms with E-state index in [1.165, 1.54) is 4.31 Å². The number of ether oxygens (including phenoxy) is 1. The topological polar surface area (TPSA) is 46.6 Å². The summed E-state index contributed by atoms with van der Waals surface area (Å²) in [5.41, 5.74) is 1.87. The molecule has 2 rings (SSSR count). The number of sulfonamides is 1. The van der Waals surface area contributed by atoms with Gasteiger partial charge in [-0.25, -0.2) is 8.42 Å². The Balaban J connectivity index is 2.36. The number of hydrogen-bond acceptors (Lipinski definition) is 3. The summed E-state index contributed by atoms with van der Waals surface area (Å²) >= 11 is 0. The van der Waals surface area contributed by atoms with Crippen LogP contribution in [0.25, 0.3) is 0 Å². The monoisotopic (exact) mass is 283 g/mol. The van der Waals surface area contributed by atoms with Crippen LogP contribution in [0.2, 0.25) is 0 Å². The molecule has 1 aliphatic rings. The maximum Gasteiger partial charge on any atom is 0.243 e. The quantitative estimate of drug-likeness (QED) is 0.835.